The molecule has 3 heteroatoms. The van der Waals surface area contributed by atoms with Gasteiger partial charge in [0.15, 0.2) is 0 Å². The maximum absolute atomic E-state index is 10.8. The van der Waals surface area contributed by atoms with Crippen LogP contribution in [0.4, 0.5) is 0 Å². The summed E-state index contributed by atoms with van der Waals surface area (Å²) < 4.78 is 0. The van der Waals surface area contributed by atoms with Gasteiger partial charge in [0, 0.05) is 18.3 Å². The fraction of sp³-hybridized carbons (Fsp3) is 0.375. The van der Waals surface area contributed by atoms with Crippen molar-refractivity contribution in [2.45, 2.75) is 19.9 Å². The normalized spacial score (nSPS) is 13.0. The Morgan fingerprint density at radius 2 is 2.27 bits per heavy atom. The third kappa shape index (κ3) is 1.68. The molecule has 0 aliphatic carbocycles. The van der Waals surface area contributed by atoms with Crippen molar-refractivity contribution in [1.29, 1.82) is 0 Å². The van der Waals surface area contributed by atoms with Gasteiger partial charge >= 0.3 is 0 Å². The molecule has 0 unspecified atom stereocenters. The molecule has 1 rings (SSSR count). The van der Waals surface area contributed by atoms with Crippen molar-refractivity contribution in [3.05, 3.63) is 33.7 Å². The van der Waals surface area contributed by atoms with Crippen LogP contribution >= 0.6 is 0 Å². The minimum absolute atomic E-state index is 0.0214. The van der Waals surface area contributed by atoms with Gasteiger partial charge in [-0.1, -0.05) is 0 Å². The molecule has 0 aliphatic rings. The van der Waals surface area contributed by atoms with E-state index in [1.54, 1.807) is 12.3 Å². The molecule has 3 N–H and O–H groups in total. The molecule has 0 aromatic carbocycles. The zero-order valence-electron chi connectivity index (χ0n) is 6.72. The Labute approximate surface area is 65.2 Å². The number of hydrogen-bond donors (Lipinski definition) is 2. The highest BCUT2D eigenvalue weighted by Gasteiger charge is 2.02. The van der Waals surface area contributed by atoms with E-state index in [9.17, 15) is 4.79 Å². The maximum atomic E-state index is 10.8. The van der Waals surface area contributed by atoms with Crippen molar-refractivity contribution >= 4 is 0 Å². The Morgan fingerprint density at radius 3 is 2.73 bits per heavy atom. The molecule has 0 bridgehead atoms. The summed E-state index contributed by atoms with van der Waals surface area (Å²) in [4.78, 5) is 13.4. The lowest BCUT2D eigenvalue weighted by atomic mass is 10.1. The van der Waals surface area contributed by atoms with Crippen LogP contribution in [-0.4, -0.2) is 4.98 Å². The molecule has 1 aromatic heterocycles. The summed E-state index contributed by atoms with van der Waals surface area (Å²) in [6.45, 7) is 3.77. The Kier molecular flexibility index (Phi) is 2.10. The standard InChI is InChI=1S/C8H12N2O/c1-5-3-8(11)10-4-7(5)6(2)9/h3-4,6H,9H2,1-2H3,(H,10,11)/t6-/m0/s1. The van der Waals surface area contributed by atoms with Crippen molar-refractivity contribution in [1.82, 2.24) is 4.98 Å². The monoisotopic (exact) mass is 152 g/mol. The highest BCUT2D eigenvalue weighted by atomic mass is 16.1. The number of aryl methyl sites for hydroxylation is 1. The van der Waals surface area contributed by atoms with Crippen molar-refractivity contribution < 1.29 is 0 Å². The van der Waals surface area contributed by atoms with Crippen molar-refractivity contribution in [3.63, 3.8) is 0 Å². The van der Waals surface area contributed by atoms with E-state index in [1.165, 1.54) is 0 Å². The van der Waals surface area contributed by atoms with E-state index in [1.807, 2.05) is 13.8 Å². The summed E-state index contributed by atoms with van der Waals surface area (Å²) in [5.74, 6) is 0. The molecule has 1 aromatic rings. The average molecular weight is 152 g/mol. The molecule has 11 heavy (non-hydrogen) atoms. The number of nitrogens with one attached hydrogen (secondary N) is 1. The van der Waals surface area contributed by atoms with E-state index in [0.29, 0.717) is 0 Å². The zero-order chi connectivity index (χ0) is 8.43. The molecule has 0 aliphatic heterocycles. The van der Waals surface area contributed by atoms with Crippen LogP contribution in [0.2, 0.25) is 0 Å². The second-order valence-corrected chi connectivity index (χ2v) is 2.72. The first-order valence-corrected chi connectivity index (χ1v) is 3.56. The van der Waals surface area contributed by atoms with Crippen molar-refractivity contribution in [2.24, 2.45) is 5.73 Å². The number of pyridine rings is 1. The Bertz CT molecular complexity index is 301. The number of H-pyrrole nitrogens is 1. The summed E-state index contributed by atoms with van der Waals surface area (Å²) in [5.41, 5.74) is 7.50. The first kappa shape index (κ1) is 8.01. The minimum Gasteiger partial charge on any atom is -0.329 e. The largest absolute Gasteiger partial charge is 0.329 e. The lowest BCUT2D eigenvalue weighted by Gasteiger charge is -2.07. The fourth-order valence-electron chi connectivity index (χ4n) is 1.07. The maximum Gasteiger partial charge on any atom is 0.248 e. The van der Waals surface area contributed by atoms with Crippen LogP contribution in [-0.2, 0) is 0 Å². The number of aromatic nitrogens is 1. The van der Waals surface area contributed by atoms with Crippen LogP contribution in [0, 0.1) is 6.92 Å². The number of rotatable bonds is 1. The SMILES string of the molecule is Cc1cc(=O)[nH]cc1[C@H](C)N. The van der Waals surface area contributed by atoms with Gasteiger partial charge in [0.1, 0.15) is 0 Å². The van der Waals surface area contributed by atoms with Gasteiger partial charge in [0.2, 0.25) is 5.56 Å². The highest BCUT2D eigenvalue weighted by molar-refractivity contribution is 5.23. The summed E-state index contributed by atoms with van der Waals surface area (Å²) >= 11 is 0. The van der Waals surface area contributed by atoms with Crippen LogP contribution < -0.4 is 11.3 Å². The van der Waals surface area contributed by atoms with Crippen molar-refractivity contribution in [2.75, 3.05) is 0 Å². The molecule has 60 valence electrons. The lowest BCUT2D eigenvalue weighted by molar-refractivity contribution is 0.801. The Morgan fingerprint density at radius 1 is 1.64 bits per heavy atom. The van der Waals surface area contributed by atoms with Gasteiger partial charge in [-0.15, -0.1) is 0 Å². The fourth-order valence-corrected chi connectivity index (χ4v) is 1.07. The Balaban J connectivity index is 3.20. The summed E-state index contributed by atoms with van der Waals surface area (Å²) in [6.07, 6.45) is 1.67. The van der Waals surface area contributed by atoms with Gasteiger partial charge in [0.05, 0.1) is 0 Å². The molecule has 0 fully saturated rings. The molecular formula is C8H12N2O. The van der Waals surface area contributed by atoms with Gasteiger partial charge in [0.25, 0.3) is 0 Å². The molecular weight excluding hydrogens is 140 g/mol. The van der Waals surface area contributed by atoms with E-state index in [0.717, 1.165) is 11.1 Å². The summed E-state index contributed by atoms with van der Waals surface area (Å²) in [7, 11) is 0. The second kappa shape index (κ2) is 2.88. The molecule has 0 saturated heterocycles. The summed E-state index contributed by atoms with van der Waals surface area (Å²) in [5, 5.41) is 0. The quantitative estimate of drug-likeness (QED) is 0.622. The number of nitrogens with two attached hydrogens (primary N) is 1. The Hall–Kier alpha value is -1.09. The summed E-state index contributed by atoms with van der Waals surface area (Å²) in [6, 6.07) is 1.53. The third-order valence-electron chi connectivity index (χ3n) is 1.66. The molecule has 0 radical (unpaired) electrons. The van der Waals surface area contributed by atoms with Crippen LogP contribution in [0.15, 0.2) is 17.1 Å². The molecule has 0 amide bonds. The molecule has 1 heterocycles. The van der Waals surface area contributed by atoms with Gasteiger partial charge < -0.3 is 10.7 Å². The van der Waals surface area contributed by atoms with Gasteiger partial charge in [-0.25, -0.2) is 0 Å². The molecule has 3 nitrogen and oxygen atoms in total. The first-order chi connectivity index (χ1) is 5.11. The predicted octanol–water partition coefficient (Wildman–Crippen LogP) is 0.703. The lowest BCUT2D eigenvalue weighted by Crippen LogP contribution is -2.12. The third-order valence-corrected chi connectivity index (χ3v) is 1.66. The van der Waals surface area contributed by atoms with E-state index >= 15 is 0 Å². The average Bonchev–Trinajstić information content (AvgIpc) is 1.85. The van der Waals surface area contributed by atoms with Crippen LogP contribution in [0.25, 0.3) is 0 Å². The smallest absolute Gasteiger partial charge is 0.248 e. The molecule has 0 saturated carbocycles. The first-order valence-electron chi connectivity index (χ1n) is 3.56. The highest BCUT2D eigenvalue weighted by Crippen LogP contribution is 2.10. The van der Waals surface area contributed by atoms with Crippen LogP contribution in [0.5, 0.6) is 0 Å². The number of hydrogen-bond acceptors (Lipinski definition) is 2. The minimum atomic E-state index is -0.0769. The van der Waals surface area contributed by atoms with E-state index in [4.69, 9.17) is 5.73 Å². The van der Waals surface area contributed by atoms with Crippen LogP contribution in [0.3, 0.4) is 0 Å². The van der Waals surface area contributed by atoms with E-state index in [-0.39, 0.29) is 11.6 Å². The van der Waals surface area contributed by atoms with Crippen molar-refractivity contribution in [3.8, 4) is 0 Å². The predicted molar refractivity (Wildman–Crippen MR) is 44.4 cm³/mol. The second-order valence-electron chi connectivity index (χ2n) is 2.72. The van der Waals surface area contributed by atoms with Gasteiger partial charge in [-0.2, -0.15) is 0 Å². The zero-order valence-corrected chi connectivity index (χ0v) is 6.72. The van der Waals surface area contributed by atoms with Gasteiger partial charge in [-0.05, 0) is 25.0 Å². The topological polar surface area (TPSA) is 58.9 Å². The van der Waals surface area contributed by atoms with Gasteiger partial charge in [-0.3, -0.25) is 4.79 Å². The molecule has 0 spiro atoms. The van der Waals surface area contributed by atoms with E-state index < -0.39 is 0 Å². The van der Waals surface area contributed by atoms with Crippen LogP contribution in [0.1, 0.15) is 24.1 Å². The van der Waals surface area contributed by atoms with E-state index in [2.05, 4.69) is 4.98 Å². The number of aromatic amines is 1. The molecule has 1 atom stereocenters.